The zero-order chi connectivity index (χ0) is 9.84. The van der Waals surface area contributed by atoms with Gasteiger partial charge in [-0.2, -0.15) is 0 Å². The highest BCUT2D eigenvalue weighted by Crippen LogP contribution is 2.21. The summed E-state index contributed by atoms with van der Waals surface area (Å²) in [6.45, 7) is 7.35. The molecule has 0 aromatic carbocycles. The third-order valence-electron chi connectivity index (χ3n) is 2.94. The lowest BCUT2D eigenvalue weighted by molar-refractivity contribution is 0.108. The Labute approximate surface area is 81.1 Å². The van der Waals surface area contributed by atoms with E-state index < -0.39 is 0 Å². The Bertz CT molecular complexity index is 150. The fourth-order valence-corrected chi connectivity index (χ4v) is 1.97. The average Bonchev–Trinajstić information content (AvgIpc) is 2.52. The summed E-state index contributed by atoms with van der Waals surface area (Å²) in [5, 5.41) is 12.8. The second kappa shape index (κ2) is 4.94. The van der Waals surface area contributed by atoms with E-state index in [-0.39, 0.29) is 6.10 Å². The molecule has 1 heterocycles. The minimum atomic E-state index is -0.172. The van der Waals surface area contributed by atoms with E-state index in [9.17, 15) is 5.11 Å². The first kappa shape index (κ1) is 11.0. The van der Waals surface area contributed by atoms with Gasteiger partial charge in [0.1, 0.15) is 0 Å². The van der Waals surface area contributed by atoms with Crippen molar-refractivity contribution in [3.63, 3.8) is 0 Å². The lowest BCUT2D eigenvalue weighted by atomic mass is 10.0. The van der Waals surface area contributed by atoms with Crippen LogP contribution in [0.25, 0.3) is 0 Å². The molecule has 0 aliphatic carbocycles. The lowest BCUT2D eigenvalue weighted by Gasteiger charge is -2.22. The summed E-state index contributed by atoms with van der Waals surface area (Å²) in [6.07, 6.45) is 0.967. The predicted octanol–water partition coefficient (Wildman–Crippen LogP) is 0.297. The summed E-state index contributed by atoms with van der Waals surface area (Å²) in [5.74, 6) is 0.467. The number of likely N-dealkylation sites (tertiary alicyclic amines) is 1. The maximum atomic E-state index is 9.76. The van der Waals surface area contributed by atoms with Crippen LogP contribution in [0.2, 0.25) is 0 Å². The van der Waals surface area contributed by atoms with E-state index >= 15 is 0 Å². The Kier molecular flexibility index (Phi) is 4.16. The van der Waals surface area contributed by atoms with Crippen LogP contribution in [0.4, 0.5) is 0 Å². The van der Waals surface area contributed by atoms with Crippen LogP contribution in [0.5, 0.6) is 0 Å². The lowest BCUT2D eigenvalue weighted by Crippen LogP contribution is -2.34. The minimum Gasteiger partial charge on any atom is -0.391 e. The average molecular weight is 186 g/mol. The molecule has 0 saturated carbocycles. The molecular weight excluding hydrogens is 164 g/mol. The van der Waals surface area contributed by atoms with E-state index in [1.165, 1.54) is 0 Å². The number of hydrogen-bond donors (Lipinski definition) is 2. The smallest absolute Gasteiger partial charge is 0.0705 e. The van der Waals surface area contributed by atoms with E-state index in [0.29, 0.717) is 12.0 Å². The van der Waals surface area contributed by atoms with Crippen molar-refractivity contribution in [3.05, 3.63) is 0 Å². The monoisotopic (exact) mass is 186 g/mol. The van der Waals surface area contributed by atoms with Crippen molar-refractivity contribution >= 4 is 0 Å². The standard InChI is InChI=1S/C10H22N2O/c1-8(2)12-5-4-9(7-12)10(13)6-11-3/h8-11,13H,4-7H2,1-3H3. The molecule has 0 spiro atoms. The molecule has 0 bridgehead atoms. The third kappa shape index (κ3) is 2.93. The van der Waals surface area contributed by atoms with Gasteiger partial charge in [-0.25, -0.2) is 0 Å². The number of hydrogen-bond acceptors (Lipinski definition) is 3. The maximum Gasteiger partial charge on any atom is 0.0705 e. The van der Waals surface area contributed by atoms with Crippen LogP contribution in [-0.2, 0) is 0 Å². The molecule has 1 aliphatic rings. The van der Waals surface area contributed by atoms with Gasteiger partial charge in [-0.3, -0.25) is 0 Å². The van der Waals surface area contributed by atoms with E-state index in [1.54, 1.807) is 0 Å². The van der Waals surface area contributed by atoms with Gasteiger partial charge in [-0.15, -0.1) is 0 Å². The molecule has 2 N–H and O–H groups in total. The Morgan fingerprint density at radius 1 is 1.54 bits per heavy atom. The molecule has 78 valence electrons. The first-order valence-corrected chi connectivity index (χ1v) is 5.22. The van der Waals surface area contributed by atoms with Crippen molar-refractivity contribution in [1.29, 1.82) is 0 Å². The summed E-state index contributed by atoms with van der Waals surface area (Å²) in [7, 11) is 1.89. The van der Waals surface area contributed by atoms with Crippen molar-refractivity contribution in [2.24, 2.45) is 5.92 Å². The van der Waals surface area contributed by atoms with Gasteiger partial charge in [-0.05, 0) is 33.9 Å². The fourth-order valence-electron chi connectivity index (χ4n) is 1.97. The van der Waals surface area contributed by atoms with E-state index in [4.69, 9.17) is 0 Å². The summed E-state index contributed by atoms with van der Waals surface area (Å²) >= 11 is 0. The van der Waals surface area contributed by atoms with Crippen molar-refractivity contribution < 1.29 is 5.11 Å². The van der Waals surface area contributed by atoms with E-state index in [1.807, 2.05) is 7.05 Å². The van der Waals surface area contributed by atoms with Crippen molar-refractivity contribution in [3.8, 4) is 0 Å². The quantitative estimate of drug-likeness (QED) is 0.663. The van der Waals surface area contributed by atoms with Gasteiger partial charge in [0.25, 0.3) is 0 Å². The molecule has 13 heavy (non-hydrogen) atoms. The predicted molar refractivity (Wildman–Crippen MR) is 54.7 cm³/mol. The van der Waals surface area contributed by atoms with Gasteiger partial charge < -0.3 is 15.3 Å². The Morgan fingerprint density at radius 3 is 2.69 bits per heavy atom. The van der Waals surface area contributed by atoms with E-state index in [2.05, 4.69) is 24.1 Å². The molecule has 0 radical (unpaired) electrons. The number of nitrogens with zero attached hydrogens (tertiary/aromatic N) is 1. The first-order valence-electron chi connectivity index (χ1n) is 5.22. The molecule has 1 saturated heterocycles. The molecule has 2 unspecified atom stereocenters. The van der Waals surface area contributed by atoms with Crippen LogP contribution >= 0.6 is 0 Å². The molecule has 1 rings (SSSR count). The maximum absolute atomic E-state index is 9.76. The van der Waals surface area contributed by atoms with Crippen LogP contribution in [0.3, 0.4) is 0 Å². The summed E-state index contributed by atoms with van der Waals surface area (Å²) in [4.78, 5) is 2.43. The topological polar surface area (TPSA) is 35.5 Å². The van der Waals surface area contributed by atoms with Crippen molar-refractivity contribution in [2.75, 3.05) is 26.7 Å². The van der Waals surface area contributed by atoms with Crippen molar-refractivity contribution in [2.45, 2.75) is 32.4 Å². The number of likely N-dealkylation sites (N-methyl/N-ethyl adjacent to an activating group) is 1. The second-order valence-corrected chi connectivity index (χ2v) is 4.26. The van der Waals surface area contributed by atoms with Crippen LogP contribution in [0, 0.1) is 5.92 Å². The highest BCUT2D eigenvalue weighted by atomic mass is 16.3. The molecule has 0 amide bonds. The van der Waals surface area contributed by atoms with Crippen LogP contribution in [0.15, 0.2) is 0 Å². The highest BCUT2D eigenvalue weighted by molar-refractivity contribution is 4.82. The highest BCUT2D eigenvalue weighted by Gasteiger charge is 2.28. The van der Waals surface area contributed by atoms with Gasteiger partial charge >= 0.3 is 0 Å². The molecule has 0 aromatic rings. The van der Waals surface area contributed by atoms with Crippen LogP contribution < -0.4 is 5.32 Å². The second-order valence-electron chi connectivity index (χ2n) is 4.26. The van der Waals surface area contributed by atoms with Gasteiger partial charge in [0.05, 0.1) is 6.10 Å². The SMILES string of the molecule is CNCC(O)C1CCN(C(C)C)C1. The van der Waals surface area contributed by atoms with E-state index in [0.717, 1.165) is 26.1 Å². The zero-order valence-corrected chi connectivity index (χ0v) is 8.95. The van der Waals surface area contributed by atoms with Crippen molar-refractivity contribution in [1.82, 2.24) is 10.2 Å². The summed E-state index contributed by atoms with van der Waals surface area (Å²) in [5.41, 5.74) is 0. The third-order valence-corrected chi connectivity index (χ3v) is 2.94. The summed E-state index contributed by atoms with van der Waals surface area (Å²) in [6, 6.07) is 0.617. The van der Waals surface area contributed by atoms with Crippen LogP contribution in [-0.4, -0.2) is 48.8 Å². The van der Waals surface area contributed by atoms with Gasteiger partial charge in [-0.1, -0.05) is 0 Å². The fraction of sp³-hybridized carbons (Fsp3) is 1.00. The Hall–Kier alpha value is -0.120. The Morgan fingerprint density at radius 2 is 2.23 bits per heavy atom. The molecular formula is C10H22N2O. The normalized spacial score (nSPS) is 27.0. The number of aliphatic hydroxyl groups is 1. The number of aliphatic hydroxyl groups excluding tert-OH is 1. The minimum absolute atomic E-state index is 0.172. The van der Waals surface area contributed by atoms with Gasteiger partial charge in [0, 0.05) is 25.0 Å². The summed E-state index contributed by atoms with van der Waals surface area (Å²) < 4.78 is 0. The number of rotatable bonds is 4. The first-order chi connectivity index (χ1) is 6.15. The van der Waals surface area contributed by atoms with Gasteiger partial charge in [0.15, 0.2) is 0 Å². The van der Waals surface area contributed by atoms with Crippen LogP contribution in [0.1, 0.15) is 20.3 Å². The largest absolute Gasteiger partial charge is 0.391 e. The molecule has 3 heteroatoms. The molecule has 1 aliphatic heterocycles. The molecule has 1 fully saturated rings. The molecule has 2 atom stereocenters. The molecule has 3 nitrogen and oxygen atoms in total. The number of nitrogens with one attached hydrogen (secondary N) is 1. The molecule has 0 aromatic heterocycles. The van der Waals surface area contributed by atoms with Gasteiger partial charge in [0.2, 0.25) is 0 Å². The zero-order valence-electron chi connectivity index (χ0n) is 8.95. The Balaban J connectivity index is 2.31.